The monoisotopic (exact) mass is 302 g/mol. The molecule has 0 saturated heterocycles. The van der Waals surface area contributed by atoms with Crippen LogP contribution < -0.4 is 11.1 Å². The Kier molecular flexibility index (Phi) is 6.84. The van der Waals surface area contributed by atoms with Crippen LogP contribution in [0.2, 0.25) is 0 Å². The number of hydrogen-bond acceptors (Lipinski definition) is 5. The third-order valence-electron chi connectivity index (χ3n) is 2.41. The number of ketones is 1. The SMILES string of the molecule is C[C@@H](CC(=O)[C@@H](CC(N)=O)NC(=O)OC(C)(C)C)C(=O)O. The molecule has 0 unspecified atom stereocenters. The summed E-state index contributed by atoms with van der Waals surface area (Å²) in [5.41, 5.74) is 4.26. The molecule has 0 aliphatic rings. The van der Waals surface area contributed by atoms with E-state index in [0.717, 1.165) is 0 Å². The second-order valence-corrected chi connectivity index (χ2v) is 5.78. The number of carbonyl (C=O) groups excluding carboxylic acids is 3. The number of rotatable bonds is 7. The van der Waals surface area contributed by atoms with Gasteiger partial charge in [0.15, 0.2) is 5.78 Å². The van der Waals surface area contributed by atoms with E-state index in [2.05, 4.69) is 5.32 Å². The lowest BCUT2D eigenvalue weighted by Gasteiger charge is -2.23. The number of nitrogens with two attached hydrogens (primary N) is 1. The van der Waals surface area contributed by atoms with E-state index >= 15 is 0 Å². The highest BCUT2D eigenvalue weighted by molar-refractivity contribution is 5.93. The van der Waals surface area contributed by atoms with Crippen molar-refractivity contribution in [1.82, 2.24) is 5.32 Å². The molecule has 0 fully saturated rings. The quantitative estimate of drug-likeness (QED) is 0.624. The van der Waals surface area contributed by atoms with Gasteiger partial charge in [-0.1, -0.05) is 6.92 Å². The van der Waals surface area contributed by atoms with Gasteiger partial charge in [-0.3, -0.25) is 14.4 Å². The molecule has 0 bridgehead atoms. The minimum absolute atomic E-state index is 0.316. The molecule has 0 aliphatic heterocycles. The number of primary amides is 1. The third-order valence-corrected chi connectivity index (χ3v) is 2.41. The first-order chi connectivity index (χ1) is 9.42. The maximum Gasteiger partial charge on any atom is 0.408 e. The highest BCUT2D eigenvalue weighted by Crippen LogP contribution is 2.10. The van der Waals surface area contributed by atoms with Crippen molar-refractivity contribution in [2.24, 2.45) is 11.7 Å². The van der Waals surface area contributed by atoms with Crippen LogP contribution in [0.25, 0.3) is 0 Å². The van der Waals surface area contributed by atoms with Crippen molar-refractivity contribution in [3.8, 4) is 0 Å². The molecule has 4 N–H and O–H groups in total. The van der Waals surface area contributed by atoms with E-state index in [9.17, 15) is 19.2 Å². The van der Waals surface area contributed by atoms with Crippen LogP contribution in [-0.4, -0.2) is 40.5 Å². The summed E-state index contributed by atoms with van der Waals surface area (Å²) in [4.78, 5) is 45.3. The summed E-state index contributed by atoms with van der Waals surface area (Å²) in [7, 11) is 0. The Labute approximate surface area is 123 Å². The third kappa shape index (κ3) is 8.61. The molecule has 0 spiro atoms. The molecule has 2 atom stereocenters. The van der Waals surface area contributed by atoms with Gasteiger partial charge in [0, 0.05) is 6.42 Å². The summed E-state index contributed by atoms with van der Waals surface area (Å²) in [6.07, 6.45) is -1.60. The Morgan fingerprint density at radius 1 is 1.19 bits per heavy atom. The lowest BCUT2D eigenvalue weighted by atomic mass is 9.98. The van der Waals surface area contributed by atoms with E-state index in [4.69, 9.17) is 15.6 Å². The fourth-order valence-electron chi connectivity index (χ4n) is 1.43. The van der Waals surface area contributed by atoms with E-state index in [-0.39, 0.29) is 6.42 Å². The molecule has 8 nitrogen and oxygen atoms in total. The molecule has 0 aromatic carbocycles. The van der Waals surface area contributed by atoms with Gasteiger partial charge < -0.3 is 20.9 Å². The molecule has 21 heavy (non-hydrogen) atoms. The van der Waals surface area contributed by atoms with Crippen molar-refractivity contribution in [3.05, 3.63) is 0 Å². The van der Waals surface area contributed by atoms with Crippen LogP contribution in [0.15, 0.2) is 0 Å². The summed E-state index contributed by atoms with van der Waals surface area (Å²) < 4.78 is 4.98. The predicted molar refractivity (Wildman–Crippen MR) is 73.4 cm³/mol. The van der Waals surface area contributed by atoms with Crippen molar-refractivity contribution in [1.29, 1.82) is 0 Å². The highest BCUT2D eigenvalue weighted by Gasteiger charge is 2.28. The Bertz CT molecular complexity index is 427. The molecule has 0 aromatic heterocycles. The molecule has 2 amide bonds. The Morgan fingerprint density at radius 3 is 2.10 bits per heavy atom. The summed E-state index contributed by atoms with van der Waals surface area (Å²) in [5.74, 6) is -3.44. The number of carboxylic acid groups (broad SMARTS) is 1. The van der Waals surface area contributed by atoms with Crippen LogP contribution in [0.1, 0.15) is 40.5 Å². The minimum Gasteiger partial charge on any atom is -0.481 e. The molecule has 8 heteroatoms. The Hall–Kier alpha value is -2.12. The minimum atomic E-state index is -1.20. The van der Waals surface area contributed by atoms with Gasteiger partial charge in [-0.05, 0) is 20.8 Å². The average molecular weight is 302 g/mol. The van der Waals surface area contributed by atoms with Crippen LogP contribution >= 0.6 is 0 Å². The van der Waals surface area contributed by atoms with Crippen molar-refractivity contribution in [2.45, 2.75) is 52.2 Å². The van der Waals surface area contributed by atoms with E-state index < -0.39 is 47.7 Å². The molecule has 0 heterocycles. The number of hydrogen-bond donors (Lipinski definition) is 3. The average Bonchev–Trinajstić information content (AvgIpc) is 2.24. The summed E-state index contributed by atoms with van der Waals surface area (Å²) in [5, 5.41) is 11.0. The fraction of sp³-hybridized carbons (Fsp3) is 0.692. The summed E-state index contributed by atoms with van der Waals surface area (Å²) in [6, 6.07) is -1.20. The number of aliphatic carboxylic acids is 1. The van der Waals surface area contributed by atoms with Crippen molar-refractivity contribution in [2.75, 3.05) is 0 Å². The molecule has 0 saturated carbocycles. The lowest BCUT2D eigenvalue weighted by Crippen LogP contribution is -2.46. The normalized spacial score (nSPS) is 13.9. The van der Waals surface area contributed by atoms with Crippen LogP contribution in [0.3, 0.4) is 0 Å². The first-order valence-electron chi connectivity index (χ1n) is 6.45. The maximum absolute atomic E-state index is 12.0. The number of nitrogens with one attached hydrogen (secondary N) is 1. The van der Waals surface area contributed by atoms with Gasteiger partial charge >= 0.3 is 12.1 Å². The van der Waals surface area contributed by atoms with E-state index in [1.807, 2.05) is 0 Å². The van der Waals surface area contributed by atoms with Gasteiger partial charge in [-0.25, -0.2) is 4.79 Å². The van der Waals surface area contributed by atoms with E-state index in [1.165, 1.54) is 6.92 Å². The largest absolute Gasteiger partial charge is 0.481 e. The standard InChI is InChI=1S/C13H22N2O6/c1-7(11(18)19)5-9(16)8(6-10(14)17)15-12(20)21-13(2,3)4/h7-8H,5-6H2,1-4H3,(H2,14,17)(H,15,20)(H,18,19)/t7-,8+/m0/s1. The zero-order valence-electron chi connectivity index (χ0n) is 12.6. The van der Waals surface area contributed by atoms with Crippen molar-refractivity contribution < 1.29 is 29.0 Å². The number of Topliss-reactive ketones (excluding diaryl/α,β-unsaturated/α-hetero) is 1. The first-order valence-corrected chi connectivity index (χ1v) is 6.45. The summed E-state index contributed by atoms with van der Waals surface area (Å²) in [6.45, 7) is 6.28. The van der Waals surface area contributed by atoms with Crippen molar-refractivity contribution >= 4 is 23.8 Å². The van der Waals surface area contributed by atoms with Gasteiger partial charge in [-0.15, -0.1) is 0 Å². The zero-order valence-corrected chi connectivity index (χ0v) is 12.6. The number of ether oxygens (including phenoxy) is 1. The lowest BCUT2D eigenvalue weighted by molar-refractivity contribution is -0.143. The van der Waals surface area contributed by atoms with E-state index in [0.29, 0.717) is 0 Å². The number of alkyl carbamates (subject to hydrolysis) is 1. The zero-order chi connectivity index (χ0) is 16.8. The van der Waals surface area contributed by atoms with Crippen molar-refractivity contribution in [3.63, 3.8) is 0 Å². The second-order valence-electron chi connectivity index (χ2n) is 5.78. The predicted octanol–water partition coefficient (Wildman–Crippen LogP) is 0.435. The summed E-state index contributed by atoms with van der Waals surface area (Å²) >= 11 is 0. The molecular formula is C13H22N2O6. The first kappa shape index (κ1) is 18.9. The molecule has 0 aromatic rings. The van der Waals surface area contributed by atoms with Gasteiger partial charge in [0.05, 0.1) is 18.4 Å². The molecular weight excluding hydrogens is 280 g/mol. The van der Waals surface area contributed by atoms with Crippen LogP contribution in [0.4, 0.5) is 4.79 Å². The van der Waals surface area contributed by atoms with Gasteiger partial charge in [0.2, 0.25) is 5.91 Å². The Balaban J connectivity index is 4.79. The van der Waals surface area contributed by atoms with Crippen LogP contribution in [-0.2, 0) is 19.1 Å². The molecule has 120 valence electrons. The van der Waals surface area contributed by atoms with E-state index in [1.54, 1.807) is 20.8 Å². The van der Waals surface area contributed by atoms with Gasteiger partial charge in [0.25, 0.3) is 0 Å². The number of carboxylic acids is 1. The van der Waals surface area contributed by atoms with Crippen LogP contribution in [0.5, 0.6) is 0 Å². The highest BCUT2D eigenvalue weighted by atomic mass is 16.6. The molecule has 0 radical (unpaired) electrons. The molecule has 0 rings (SSSR count). The molecule has 0 aliphatic carbocycles. The van der Waals surface area contributed by atoms with Gasteiger partial charge in [0.1, 0.15) is 5.60 Å². The van der Waals surface area contributed by atoms with Gasteiger partial charge in [-0.2, -0.15) is 0 Å². The number of amides is 2. The van der Waals surface area contributed by atoms with Crippen LogP contribution in [0, 0.1) is 5.92 Å². The Morgan fingerprint density at radius 2 is 1.71 bits per heavy atom. The second kappa shape index (κ2) is 7.61. The maximum atomic E-state index is 12.0. The topological polar surface area (TPSA) is 136 Å². The fourth-order valence-corrected chi connectivity index (χ4v) is 1.43. The smallest absolute Gasteiger partial charge is 0.408 e. The number of carbonyl (C=O) groups is 4.